The van der Waals surface area contributed by atoms with Crippen LogP contribution in [0.4, 0.5) is 0 Å². The third-order valence-corrected chi connectivity index (χ3v) is 2.59. The Bertz CT molecular complexity index is 485. The van der Waals surface area contributed by atoms with Crippen molar-refractivity contribution in [1.29, 1.82) is 0 Å². The molecule has 2 rings (SSSR count). The Labute approximate surface area is 97.1 Å². The Morgan fingerprint density at radius 1 is 1.07 bits per heavy atom. The van der Waals surface area contributed by atoms with Crippen molar-refractivity contribution in [3.05, 3.63) is 46.6 Å². The summed E-state index contributed by atoms with van der Waals surface area (Å²) < 4.78 is 0. The van der Waals surface area contributed by atoms with Gasteiger partial charge in [-0.25, -0.2) is 0 Å². The summed E-state index contributed by atoms with van der Waals surface area (Å²) in [6, 6.07) is 8.52. The van der Waals surface area contributed by atoms with Crippen molar-refractivity contribution < 1.29 is 5.11 Å². The maximum absolute atomic E-state index is 9.33. The lowest BCUT2D eigenvalue weighted by molar-refractivity contribution is 0.475. The second-order valence-corrected chi connectivity index (χ2v) is 3.81. The van der Waals surface area contributed by atoms with Crippen LogP contribution in [0.5, 0.6) is 5.75 Å². The minimum Gasteiger partial charge on any atom is -0.506 e. The first-order valence-corrected chi connectivity index (χ1v) is 5.03. The van der Waals surface area contributed by atoms with Crippen LogP contribution in [0.2, 0.25) is 10.0 Å². The van der Waals surface area contributed by atoms with Crippen LogP contribution in [0.25, 0.3) is 11.3 Å². The molecule has 0 aliphatic carbocycles. The quantitative estimate of drug-likeness (QED) is 0.823. The number of halogens is 2. The molecule has 0 aliphatic heterocycles. The van der Waals surface area contributed by atoms with E-state index in [-0.39, 0.29) is 10.8 Å². The number of pyridine rings is 1. The van der Waals surface area contributed by atoms with Gasteiger partial charge in [0.2, 0.25) is 0 Å². The zero-order valence-electron chi connectivity index (χ0n) is 7.61. The standard InChI is InChI=1S/C11H7Cl2NO/c12-8-6-11(15)9(13)5-7(8)10-3-1-2-4-14-10/h1-6,15H. The minimum atomic E-state index is -0.0265. The van der Waals surface area contributed by atoms with Gasteiger partial charge in [0.25, 0.3) is 0 Å². The molecule has 0 fully saturated rings. The van der Waals surface area contributed by atoms with Crippen LogP contribution >= 0.6 is 23.2 Å². The second kappa shape index (κ2) is 4.09. The molecule has 0 atom stereocenters. The molecule has 0 saturated carbocycles. The number of nitrogens with zero attached hydrogens (tertiary/aromatic N) is 1. The van der Waals surface area contributed by atoms with E-state index in [0.29, 0.717) is 10.6 Å². The average Bonchev–Trinajstić information content (AvgIpc) is 2.25. The van der Waals surface area contributed by atoms with Gasteiger partial charge in [-0.05, 0) is 18.2 Å². The Balaban J connectivity index is 2.59. The third-order valence-electron chi connectivity index (χ3n) is 1.98. The summed E-state index contributed by atoms with van der Waals surface area (Å²) >= 11 is 11.8. The van der Waals surface area contributed by atoms with Crippen molar-refractivity contribution in [1.82, 2.24) is 4.98 Å². The van der Waals surface area contributed by atoms with E-state index in [9.17, 15) is 5.11 Å². The zero-order chi connectivity index (χ0) is 10.8. The Morgan fingerprint density at radius 2 is 1.87 bits per heavy atom. The molecule has 0 aliphatic rings. The number of hydrogen-bond acceptors (Lipinski definition) is 2. The predicted octanol–water partition coefficient (Wildman–Crippen LogP) is 3.76. The van der Waals surface area contributed by atoms with Gasteiger partial charge < -0.3 is 5.11 Å². The van der Waals surface area contributed by atoms with Crippen molar-refractivity contribution in [2.24, 2.45) is 0 Å². The van der Waals surface area contributed by atoms with Crippen LogP contribution < -0.4 is 0 Å². The first-order chi connectivity index (χ1) is 7.18. The van der Waals surface area contributed by atoms with Gasteiger partial charge >= 0.3 is 0 Å². The largest absolute Gasteiger partial charge is 0.506 e. The Morgan fingerprint density at radius 3 is 2.53 bits per heavy atom. The van der Waals surface area contributed by atoms with Crippen molar-refractivity contribution in [2.75, 3.05) is 0 Å². The van der Waals surface area contributed by atoms with Gasteiger partial charge in [-0.3, -0.25) is 4.98 Å². The molecule has 0 unspecified atom stereocenters. The summed E-state index contributed by atoms with van der Waals surface area (Å²) in [5.41, 5.74) is 1.43. The van der Waals surface area contributed by atoms with Gasteiger partial charge in [0.1, 0.15) is 5.75 Å². The number of hydrogen-bond donors (Lipinski definition) is 1. The summed E-state index contributed by atoms with van der Waals surface area (Å²) in [7, 11) is 0. The molecule has 4 heteroatoms. The highest BCUT2D eigenvalue weighted by molar-refractivity contribution is 6.36. The van der Waals surface area contributed by atoms with Crippen LogP contribution in [-0.2, 0) is 0 Å². The molecule has 0 radical (unpaired) electrons. The number of aromatic hydroxyl groups is 1. The highest BCUT2D eigenvalue weighted by Gasteiger charge is 2.08. The van der Waals surface area contributed by atoms with E-state index in [1.54, 1.807) is 12.3 Å². The van der Waals surface area contributed by atoms with E-state index in [2.05, 4.69) is 4.98 Å². The fraction of sp³-hybridized carbons (Fsp3) is 0. The van der Waals surface area contributed by atoms with Gasteiger partial charge in [-0.2, -0.15) is 0 Å². The van der Waals surface area contributed by atoms with E-state index in [1.807, 2.05) is 18.2 Å². The van der Waals surface area contributed by atoms with Crippen LogP contribution in [0.1, 0.15) is 0 Å². The molecule has 15 heavy (non-hydrogen) atoms. The number of phenolic OH excluding ortho intramolecular Hbond substituents is 1. The fourth-order valence-electron chi connectivity index (χ4n) is 1.25. The number of phenols is 1. The Kier molecular flexibility index (Phi) is 2.80. The molecular weight excluding hydrogens is 233 g/mol. The van der Waals surface area contributed by atoms with E-state index >= 15 is 0 Å². The lowest BCUT2D eigenvalue weighted by Gasteiger charge is -2.05. The topological polar surface area (TPSA) is 33.1 Å². The first-order valence-electron chi connectivity index (χ1n) is 4.28. The average molecular weight is 240 g/mol. The smallest absolute Gasteiger partial charge is 0.135 e. The molecule has 1 heterocycles. The number of benzene rings is 1. The molecular formula is C11H7Cl2NO. The van der Waals surface area contributed by atoms with Gasteiger partial charge in [-0.1, -0.05) is 29.3 Å². The molecule has 0 amide bonds. The maximum atomic E-state index is 9.33. The molecule has 1 N–H and O–H groups in total. The third kappa shape index (κ3) is 2.06. The molecule has 0 bridgehead atoms. The predicted molar refractivity (Wildman–Crippen MR) is 61.4 cm³/mol. The Hall–Kier alpha value is -1.25. The van der Waals surface area contributed by atoms with E-state index in [1.165, 1.54) is 6.07 Å². The van der Waals surface area contributed by atoms with Crippen LogP contribution in [0.15, 0.2) is 36.5 Å². The molecule has 0 saturated heterocycles. The van der Waals surface area contributed by atoms with Gasteiger partial charge in [0.05, 0.1) is 15.7 Å². The number of rotatable bonds is 1. The SMILES string of the molecule is Oc1cc(Cl)c(-c2ccccn2)cc1Cl. The summed E-state index contributed by atoms with van der Waals surface area (Å²) in [6.07, 6.45) is 1.67. The van der Waals surface area contributed by atoms with Crippen molar-refractivity contribution in [2.45, 2.75) is 0 Å². The monoisotopic (exact) mass is 239 g/mol. The van der Waals surface area contributed by atoms with E-state index < -0.39 is 0 Å². The van der Waals surface area contributed by atoms with Crippen LogP contribution in [-0.4, -0.2) is 10.1 Å². The molecule has 0 spiro atoms. The van der Waals surface area contributed by atoms with Crippen molar-refractivity contribution in [3.63, 3.8) is 0 Å². The second-order valence-electron chi connectivity index (χ2n) is 3.00. The summed E-state index contributed by atoms with van der Waals surface area (Å²) in [6.45, 7) is 0. The molecule has 2 aromatic rings. The minimum absolute atomic E-state index is 0.0265. The first kappa shape index (κ1) is 10.3. The van der Waals surface area contributed by atoms with E-state index in [4.69, 9.17) is 23.2 Å². The van der Waals surface area contributed by atoms with E-state index in [0.717, 1.165) is 5.69 Å². The number of aromatic nitrogens is 1. The van der Waals surface area contributed by atoms with Gasteiger partial charge in [-0.15, -0.1) is 0 Å². The normalized spacial score (nSPS) is 10.3. The highest BCUT2D eigenvalue weighted by Crippen LogP contribution is 2.34. The maximum Gasteiger partial charge on any atom is 0.135 e. The summed E-state index contributed by atoms with van der Waals surface area (Å²) in [4.78, 5) is 4.16. The summed E-state index contributed by atoms with van der Waals surface area (Å²) in [5.74, 6) is -0.0265. The molecule has 76 valence electrons. The fourth-order valence-corrected chi connectivity index (χ4v) is 1.67. The lowest BCUT2D eigenvalue weighted by atomic mass is 10.1. The van der Waals surface area contributed by atoms with Gasteiger partial charge in [0, 0.05) is 17.8 Å². The highest BCUT2D eigenvalue weighted by atomic mass is 35.5. The lowest BCUT2D eigenvalue weighted by Crippen LogP contribution is -1.83. The summed E-state index contributed by atoms with van der Waals surface area (Å²) in [5, 5.41) is 10.0. The van der Waals surface area contributed by atoms with Crippen LogP contribution in [0, 0.1) is 0 Å². The van der Waals surface area contributed by atoms with Crippen molar-refractivity contribution >= 4 is 23.2 Å². The molecule has 1 aromatic carbocycles. The van der Waals surface area contributed by atoms with Crippen molar-refractivity contribution in [3.8, 4) is 17.0 Å². The molecule has 1 aromatic heterocycles. The van der Waals surface area contributed by atoms with Gasteiger partial charge in [0.15, 0.2) is 0 Å². The molecule has 2 nitrogen and oxygen atoms in total. The zero-order valence-corrected chi connectivity index (χ0v) is 9.13. The van der Waals surface area contributed by atoms with Crippen LogP contribution in [0.3, 0.4) is 0 Å².